The van der Waals surface area contributed by atoms with Gasteiger partial charge >= 0.3 is 0 Å². The van der Waals surface area contributed by atoms with E-state index in [1.165, 1.54) is 0 Å². The lowest BCUT2D eigenvalue weighted by molar-refractivity contribution is 0.826. The topological polar surface area (TPSA) is 76.0 Å². The maximum Gasteiger partial charge on any atom is 0.267 e. The molecule has 0 aliphatic heterocycles. The molecule has 0 aliphatic rings. The van der Waals surface area contributed by atoms with Gasteiger partial charge in [0.05, 0.1) is 22.7 Å². The molecule has 0 amide bonds. The summed E-state index contributed by atoms with van der Waals surface area (Å²) in [5.41, 5.74) is 2.59. The molecule has 0 unspecified atom stereocenters. The van der Waals surface area contributed by atoms with Crippen LogP contribution in [0.25, 0.3) is 22.4 Å². The molecule has 0 fully saturated rings. The number of fused-ring (bicyclic) bond motifs is 3. The van der Waals surface area contributed by atoms with Gasteiger partial charge in [0, 0.05) is 12.2 Å². The Kier molecular flexibility index (Phi) is 5.13. The lowest BCUT2D eigenvalue weighted by atomic mass is 10.2. The van der Waals surface area contributed by atoms with Gasteiger partial charge in [-0.2, -0.15) is 5.26 Å². The monoisotopic (exact) mass is 389 g/mol. The zero-order valence-electron chi connectivity index (χ0n) is 15.5. The normalized spacial score (nSPS) is 11.1. The summed E-state index contributed by atoms with van der Waals surface area (Å²) in [6.45, 7) is 2.01. The molecule has 0 radical (unpaired) electrons. The number of unbranched alkanes of at least 4 members (excludes halogenated alkanes) is 2. The highest BCUT2D eigenvalue weighted by molar-refractivity contribution is 7.99. The van der Waals surface area contributed by atoms with Crippen LogP contribution in [-0.4, -0.2) is 24.9 Å². The second-order valence-electron chi connectivity index (χ2n) is 6.57. The summed E-state index contributed by atoms with van der Waals surface area (Å²) in [5.74, 6) is 1.35. The van der Waals surface area contributed by atoms with E-state index in [2.05, 4.69) is 16.3 Å². The number of aryl methyl sites for hydroxylation is 1. The first-order chi connectivity index (χ1) is 13.7. The van der Waals surface area contributed by atoms with Crippen molar-refractivity contribution in [1.29, 1.82) is 5.26 Å². The minimum absolute atomic E-state index is 0.107. The first-order valence-electron chi connectivity index (χ1n) is 9.16. The number of nitriles is 1. The smallest absolute Gasteiger partial charge is 0.267 e. The van der Waals surface area contributed by atoms with Crippen molar-refractivity contribution < 1.29 is 0 Å². The molecule has 2 heterocycles. The molecular weight excluding hydrogens is 370 g/mol. The van der Waals surface area contributed by atoms with Gasteiger partial charge in [0.1, 0.15) is 0 Å². The molecule has 7 heteroatoms. The molecule has 0 N–H and O–H groups in total. The summed E-state index contributed by atoms with van der Waals surface area (Å²) in [4.78, 5) is 13.2. The maximum atomic E-state index is 13.2. The summed E-state index contributed by atoms with van der Waals surface area (Å²) in [6.07, 6.45) is 2.37. The van der Waals surface area contributed by atoms with Gasteiger partial charge in [-0.25, -0.2) is 4.57 Å². The molecule has 0 spiro atoms. The minimum Gasteiger partial charge on any atom is -0.268 e. The van der Waals surface area contributed by atoms with Crippen molar-refractivity contribution in [3.8, 4) is 11.8 Å². The SMILES string of the molecule is Cc1ccc(-n2c(=O)c3ccccc3n3c(SCCCCC#N)nnc23)cc1. The molecule has 0 atom stereocenters. The third-order valence-electron chi connectivity index (χ3n) is 4.60. The summed E-state index contributed by atoms with van der Waals surface area (Å²) in [7, 11) is 0. The lowest BCUT2D eigenvalue weighted by Gasteiger charge is -2.11. The summed E-state index contributed by atoms with van der Waals surface area (Å²) < 4.78 is 3.57. The van der Waals surface area contributed by atoms with Crippen LogP contribution in [-0.2, 0) is 0 Å². The van der Waals surface area contributed by atoms with E-state index in [-0.39, 0.29) is 5.56 Å². The molecule has 140 valence electrons. The Morgan fingerprint density at radius 3 is 2.64 bits per heavy atom. The first-order valence-corrected chi connectivity index (χ1v) is 10.1. The van der Waals surface area contributed by atoms with Crippen LogP contribution in [0.1, 0.15) is 24.8 Å². The van der Waals surface area contributed by atoms with Crippen LogP contribution in [0.3, 0.4) is 0 Å². The predicted molar refractivity (Wildman–Crippen MR) is 111 cm³/mol. The zero-order valence-corrected chi connectivity index (χ0v) is 16.3. The number of rotatable bonds is 6. The molecule has 0 bridgehead atoms. The fourth-order valence-electron chi connectivity index (χ4n) is 3.17. The van der Waals surface area contributed by atoms with E-state index in [9.17, 15) is 4.79 Å². The van der Waals surface area contributed by atoms with Gasteiger partial charge < -0.3 is 0 Å². The zero-order chi connectivity index (χ0) is 19.5. The minimum atomic E-state index is -0.107. The van der Waals surface area contributed by atoms with E-state index in [1.54, 1.807) is 16.3 Å². The highest BCUT2D eigenvalue weighted by Crippen LogP contribution is 2.24. The van der Waals surface area contributed by atoms with Gasteiger partial charge in [-0.3, -0.25) is 9.20 Å². The molecule has 4 aromatic rings. The highest BCUT2D eigenvalue weighted by Gasteiger charge is 2.17. The van der Waals surface area contributed by atoms with Crippen molar-refractivity contribution in [3.05, 3.63) is 64.4 Å². The van der Waals surface area contributed by atoms with Crippen molar-refractivity contribution in [2.24, 2.45) is 0 Å². The second kappa shape index (κ2) is 7.87. The molecule has 0 saturated heterocycles. The van der Waals surface area contributed by atoms with E-state index >= 15 is 0 Å². The molecule has 0 saturated carbocycles. The maximum absolute atomic E-state index is 13.2. The van der Waals surface area contributed by atoms with E-state index in [1.807, 2.05) is 59.9 Å². The number of benzene rings is 2. The van der Waals surface area contributed by atoms with Crippen LogP contribution in [0.5, 0.6) is 0 Å². The highest BCUT2D eigenvalue weighted by atomic mass is 32.2. The van der Waals surface area contributed by atoms with E-state index in [0.717, 1.165) is 40.5 Å². The third-order valence-corrected chi connectivity index (χ3v) is 5.62. The van der Waals surface area contributed by atoms with Crippen LogP contribution in [0.4, 0.5) is 0 Å². The van der Waals surface area contributed by atoms with Gasteiger partial charge in [0.15, 0.2) is 5.16 Å². The number of para-hydroxylation sites is 1. The average molecular weight is 389 g/mol. The fourth-order valence-corrected chi connectivity index (χ4v) is 4.11. The Bertz CT molecular complexity index is 1230. The number of nitrogens with zero attached hydrogens (tertiary/aromatic N) is 5. The molecular formula is C21H19N5OS. The Balaban J connectivity index is 1.88. The van der Waals surface area contributed by atoms with Crippen LogP contribution in [0, 0.1) is 18.3 Å². The molecule has 2 aromatic heterocycles. The molecule has 0 aliphatic carbocycles. The van der Waals surface area contributed by atoms with Crippen molar-refractivity contribution in [2.45, 2.75) is 31.3 Å². The van der Waals surface area contributed by atoms with Gasteiger partial charge in [0.2, 0.25) is 5.78 Å². The predicted octanol–water partition coefficient (Wildman–Crippen LogP) is 4.13. The second-order valence-corrected chi connectivity index (χ2v) is 7.64. The Hall–Kier alpha value is -3.11. The van der Waals surface area contributed by atoms with Gasteiger partial charge in [-0.1, -0.05) is 41.6 Å². The quantitative estimate of drug-likeness (QED) is 0.366. The Morgan fingerprint density at radius 1 is 1.07 bits per heavy atom. The van der Waals surface area contributed by atoms with E-state index in [0.29, 0.717) is 17.6 Å². The Labute approximate surface area is 166 Å². The molecule has 4 rings (SSSR count). The van der Waals surface area contributed by atoms with Gasteiger partial charge in [0.25, 0.3) is 5.56 Å². The first kappa shape index (κ1) is 18.3. The standard InChI is InChI=1S/C21H19N5OS/c1-15-9-11-16(12-10-15)25-19(27)17-7-3-4-8-18(17)26-20(25)23-24-21(26)28-14-6-2-5-13-22/h3-4,7-12H,2,5-6,14H2,1H3. The lowest BCUT2D eigenvalue weighted by Crippen LogP contribution is -2.21. The molecule has 6 nitrogen and oxygen atoms in total. The fraction of sp³-hybridized carbons (Fsp3) is 0.238. The Morgan fingerprint density at radius 2 is 1.86 bits per heavy atom. The third kappa shape index (κ3) is 3.27. The van der Waals surface area contributed by atoms with Crippen LogP contribution in [0.2, 0.25) is 0 Å². The summed E-state index contributed by atoms with van der Waals surface area (Å²) in [6, 6.07) is 17.5. The van der Waals surface area contributed by atoms with E-state index in [4.69, 9.17) is 5.26 Å². The van der Waals surface area contributed by atoms with Crippen molar-refractivity contribution >= 4 is 28.4 Å². The van der Waals surface area contributed by atoms with Crippen LogP contribution in [0.15, 0.2) is 58.5 Å². The number of thioether (sulfide) groups is 1. The summed E-state index contributed by atoms with van der Waals surface area (Å²) >= 11 is 1.60. The van der Waals surface area contributed by atoms with Gasteiger partial charge in [-0.15, -0.1) is 10.2 Å². The van der Waals surface area contributed by atoms with Crippen LogP contribution >= 0.6 is 11.8 Å². The number of aromatic nitrogens is 4. The largest absolute Gasteiger partial charge is 0.268 e. The van der Waals surface area contributed by atoms with E-state index < -0.39 is 0 Å². The van der Waals surface area contributed by atoms with Gasteiger partial charge in [-0.05, 0) is 44.0 Å². The van der Waals surface area contributed by atoms with Crippen molar-refractivity contribution in [2.75, 3.05) is 5.75 Å². The summed E-state index contributed by atoms with van der Waals surface area (Å²) in [5, 5.41) is 18.8. The average Bonchev–Trinajstić information content (AvgIpc) is 3.13. The number of hydrogen-bond acceptors (Lipinski definition) is 5. The number of hydrogen-bond donors (Lipinski definition) is 0. The molecule has 2 aromatic carbocycles. The van der Waals surface area contributed by atoms with Crippen molar-refractivity contribution in [3.63, 3.8) is 0 Å². The molecule has 28 heavy (non-hydrogen) atoms. The van der Waals surface area contributed by atoms with Crippen LogP contribution < -0.4 is 5.56 Å². The van der Waals surface area contributed by atoms with Crippen molar-refractivity contribution in [1.82, 2.24) is 19.2 Å².